The average Bonchev–Trinajstić information content (AvgIpc) is 2.86. The summed E-state index contributed by atoms with van der Waals surface area (Å²) >= 11 is 0. The predicted molar refractivity (Wildman–Crippen MR) is 144 cm³/mol. The van der Waals surface area contributed by atoms with Crippen LogP contribution in [0, 0.1) is 12.8 Å². The Kier molecular flexibility index (Phi) is 7.94. The molecule has 4 rings (SSSR count). The van der Waals surface area contributed by atoms with Crippen molar-refractivity contribution >= 4 is 5.91 Å². The highest BCUT2D eigenvalue weighted by molar-refractivity contribution is 5.95. The third-order valence-electron chi connectivity index (χ3n) is 7.27. The third kappa shape index (κ3) is 5.54. The molecule has 0 saturated carbocycles. The molecule has 6 nitrogen and oxygen atoms in total. The van der Waals surface area contributed by atoms with Crippen LogP contribution < -0.4 is 10.5 Å². The lowest BCUT2D eigenvalue weighted by Crippen LogP contribution is -2.32. The summed E-state index contributed by atoms with van der Waals surface area (Å²) in [5, 5.41) is 10.3. The fraction of sp³-hybridized carbons (Fsp3) is 0.400. The number of aryl methyl sites for hydroxylation is 3. The Morgan fingerprint density at radius 1 is 1.11 bits per heavy atom. The molecule has 1 fully saturated rings. The van der Waals surface area contributed by atoms with Crippen molar-refractivity contribution in [1.29, 1.82) is 0 Å². The van der Waals surface area contributed by atoms with Crippen LogP contribution in [0.3, 0.4) is 0 Å². The molecule has 1 saturated heterocycles. The van der Waals surface area contributed by atoms with Gasteiger partial charge >= 0.3 is 0 Å². The van der Waals surface area contributed by atoms with Crippen molar-refractivity contribution in [2.75, 3.05) is 13.1 Å². The van der Waals surface area contributed by atoms with E-state index < -0.39 is 5.91 Å². The van der Waals surface area contributed by atoms with Gasteiger partial charge in [0.2, 0.25) is 0 Å². The van der Waals surface area contributed by atoms with Crippen molar-refractivity contribution in [1.82, 2.24) is 9.88 Å². The SMILES string of the molecule is CCc1cccc(CC)c1-c1cc(Oc2ccc(C(N)=O)c(O)c2)c(CN2CCC(C)CC2)c(C)n1. The number of carbonyl (C=O) groups excluding carboxylic acids is 1. The van der Waals surface area contributed by atoms with Crippen molar-refractivity contribution in [2.24, 2.45) is 11.7 Å². The minimum Gasteiger partial charge on any atom is -0.507 e. The molecule has 0 radical (unpaired) electrons. The Bertz CT molecular complexity index is 1220. The molecule has 1 aliphatic heterocycles. The first-order valence-corrected chi connectivity index (χ1v) is 12.9. The first kappa shape index (κ1) is 25.7. The molecule has 0 spiro atoms. The molecule has 3 aromatic rings. The normalized spacial score (nSPS) is 14.7. The Balaban J connectivity index is 1.79. The quantitative estimate of drug-likeness (QED) is 0.406. The molecular weight excluding hydrogens is 450 g/mol. The van der Waals surface area contributed by atoms with Gasteiger partial charge in [-0.05, 0) is 74.9 Å². The second-order valence-corrected chi connectivity index (χ2v) is 9.83. The molecule has 0 aliphatic carbocycles. The summed E-state index contributed by atoms with van der Waals surface area (Å²) in [6.45, 7) is 11.5. The van der Waals surface area contributed by atoms with E-state index in [1.54, 1.807) is 6.07 Å². The number of nitrogens with zero attached hydrogens (tertiary/aromatic N) is 2. The largest absolute Gasteiger partial charge is 0.507 e. The van der Waals surface area contributed by atoms with Gasteiger partial charge in [-0.2, -0.15) is 0 Å². The summed E-state index contributed by atoms with van der Waals surface area (Å²) in [5.41, 5.74) is 12.0. The zero-order valence-corrected chi connectivity index (χ0v) is 21.8. The Morgan fingerprint density at radius 2 is 1.78 bits per heavy atom. The highest BCUT2D eigenvalue weighted by Gasteiger charge is 2.22. The number of carbonyl (C=O) groups is 1. The molecule has 1 aromatic heterocycles. The molecule has 36 heavy (non-hydrogen) atoms. The van der Waals surface area contributed by atoms with E-state index in [4.69, 9.17) is 15.5 Å². The molecular formula is C30H37N3O3. The zero-order chi connectivity index (χ0) is 25.8. The van der Waals surface area contributed by atoms with Gasteiger partial charge in [-0.15, -0.1) is 0 Å². The maximum absolute atomic E-state index is 11.6. The van der Waals surface area contributed by atoms with Crippen molar-refractivity contribution in [3.63, 3.8) is 0 Å². The van der Waals surface area contributed by atoms with Crippen molar-refractivity contribution in [3.8, 4) is 28.5 Å². The number of piperidine rings is 1. The standard InChI is InChI=1S/C30H37N3O3/c1-5-21-8-7-9-22(6-2)29(21)26-17-28(36-23-10-11-24(30(31)35)27(34)16-23)25(20(4)32-26)18-33-14-12-19(3)13-15-33/h7-11,16-17,19,34H,5-6,12-15,18H2,1-4H3,(H2,31,35). The maximum Gasteiger partial charge on any atom is 0.252 e. The van der Waals surface area contributed by atoms with Gasteiger partial charge in [-0.1, -0.05) is 39.0 Å². The van der Waals surface area contributed by atoms with E-state index in [0.29, 0.717) is 5.75 Å². The van der Waals surface area contributed by atoms with Gasteiger partial charge in [0, 0.05) is 35.5 Å². The molecule has 1 amide bonds. The zero-order valence-electron chi connectivity index (χ0n) is 21.8. The van der Waals surface area contributed by atoms with E-state index in [2.05, 4.69) is 43.9 Å². The number of rotatable bonds is 8. The minimum absolute atomic E-state index is 0.0704. The van der Waals surface area contributed by atoms with E-state index in [0.717, 1.165) is 61.1 Å². The summed E-state index contributed by atoms with van der Waals surface area (Å²) in [6, 6.07) is 13.1. The molecule has 1 aliphatic rings. The van der Waals surface area contributed by atoms with Gasteiger partial charge in [-0.3, -0.25) is 14.7 Å². The monoisotopic (exact) mass is 487 g/mol. The fourth-order valence-corrected chi connectivity index (χ4v) is 5.01. The molecule has 190 valence electrons. The number of amides is 1. The van der Waals surface area contributed by atoms with Gasteiger partial charge in [0.15, 0.2) is 0 Å². The van der Waals surface area contributed by atoms with Crippen LogP contribution in [0.5, 0.6) is 17.2 Å². The van der Waals surface area contributed by atoms with Crippen molar-refractivity contribution in [2.45, 2.75) is 59.9 Å². The summed E-state index contributed by atoms with van der Waals surface area (Å²) in [7, 11) is 0. The van der Waals surface area contributed by atoms with E-state index in [1.807, 2.05) is 13.0 Å². The molecule has 2 heterocycles. The summed E-state index contributed by atoms with van der Waals surface area (Å²) < 4.78 is 6.40. The first-order valence-electron chi connectivity index (χ1n) is 12.9. The van der Waals surface area contributed by atoms with Crippen LogP contribution in [0.25, 0.3) is 11.3 Å². The van der Waals surface area contributed by atoms with Crippen LogP contribution in [0.2, 0.25) is 0 Å². The minimum atomic E-state index is -0.677. The third-order valence-corrected chi connectivity index (χ3v) is 7.27. The number of likely N-dealkylation sites (tertiary alicyclic amines) is 1. The van der Waals surface area contributed by atoms with Crippen LogP contribution in [-0.2, 0) is 19.4 Å². The number of hydrogen-bond donors (Lipinski definition) is 2. The molecule has 6 heteroatoms. The van der Waals surface area contributed by atoms with Gasteiger partial charge in [0.05, 0.1) is 11.3 Å². The molecule has 0 bridgehead atoms. The van der Waals surface area contributed by atoms with Gasteiger partial charge in [0.25, 0.3) is 5.91 Å². The average molecular weight is 488 g/mol. The smallest absolute Gasteiger partial charge is 0.252 e. The molecule has 2 aromatic carbocycles. The Morgan fingerprint density at radius 3 is 2.36 bits per heavy atom. The highest BCUT2D eigenvalue weighted by Crippen LogP contribution is 2.37. The maximum atomic E-state index is 11.6. The van der Waals surface area contributed by atoms with Gasteiger partial charge in [0.1, 0.15) is 17.2 Å². The lowest BCUT2D eigenvalue weighted by Gasteiger charge is -2.31. The summed E-state index contributed by atoms with van der Waals surface area (Å²) in [4.78, 5) is 19.1. The number of hydrogen-bond acceptors (Lipinski definition) is 5. The lowest BCUT2D eigenvalue weighted by atomic mass is 9.94. The van der Waals surface area contributed by atoms with Crippen molar-refractivity contribution in [3.05, 3.63) is 70.4 Å². The van der Waals surface area contributed by atoms with Crippen LogP contribution in [0.4, 0.5) is 0 Å². The second kappa shape index (κ2) is 11.1. The topological polar surface area (TPSA) is 88.7 Å². The number of phenols is 1. The number of ether oxygens (including phenoxy) is 1. The summed E-state index contributed by atoms with van der Waals surface area (Å²) in [6.07, 6.45) is 4.20. The van der Waals surface area contributed by atoms with E-state index in [9.17, 15) is 9.90 Å². The van der Waals surface area contributed by atoms with E-state index in [-0.39, 0.29) is 11.3 Å². The summed E-state index contributed by atoms with van der Waals surface area (Å²) in [5.74, 6) is 1.05. The Hall–Kier alpha value is -3.38. The van der Waals surface area contributed by atoms with Crippen LogP contribution in [0.1, 0.15) is 66.4 Å². The lowest BCUT2D eigenvalue weighted by molar-refractivity contribution is 0.0997. The first-order chi connectivity index (χ1) is 17.3. The van der Waals surface area contributed by atoms with Crippen LogP contribution in [-0.4, -0.2) is 34.0 Å². The number of pyridine rings is 1. The number of aromatic hydroxyl groups is 1. The van der Waals surface area contributed by atoms with Crippen LogP contribution >= 0.6 is 0 Å². The number of primary amides is 1. The van der Waals surface area contributed by atoms with E-state index >= 15 is 0 Å². The highest BCUT2D eigenvalue weighted by atomic mass is 16.5. The second-order valence-electron chi connectivity index (χ2n) is 9.83. The van der Waals surface area contributed by atoms with Gasteiger partial charge < -0.3 is 15.6 Å². The number of benzene rings is 2. The number of aromatic nitrogens is 1. The molecule has 3 N–H and O–H groups in total. The molecule has 0 unspecified atom stereocenters. The Labute approximate surface area is 214 Å². The van der Waals surface area contributed by atoms with Crippen LogP contribution in [0.15, 0.2) is 42.5 Å². The van der Waals surface area contributed by atoms with E-state index in [1.165, 1.54) is 41.7 Å². The van der Waals surface area contributed by atoms with Gasteiger partial charge in [-0.25, -0.2) is 0 Å². The predicted octanol–water partition coefficient (Wildman–Crippen LogP) is 6.01. The fourth-order valence-electron chi connectivity index (χ4n) is 5.01. The van der Waals surface area contributed by atoms with Crippen molar-refractivity contribution < 1.29 is 14.6 Å². The number of nitrogens with two attached hydrogens (primary N) is 1. The molecule has 0 atom stereocenters.